The number of carboxylic acid groups (broad SMARTS) is 1. The number of rotatable bonds is 19. The van der Waals surface area contributed by atoms with E-state index in [9.17, 15) is 19.8 Å². The van der Waals surface area contributed by atoms with Gasteiger partial charge in [0.15, 0.2) is 11.4 Å². The summed E-state index contributed by atoms with van der Waals surface area (Å²) in [6, 6.07) is 17.8. The van der Waals surface area contributed by atoms with Gasteiger partial charge in [-0.1, -0.05) is 41.4 Å². The molecule has 3 aromatic rings. The SMILES string of the molecule is COCCCc1cc(CN(C(=O)[C@H]2CNCC[C@@H]2c2ccc(OCCOc3c(Cl)cc(C)cc3Cl)cc2)C2CC2)cc(OCC[C@](C)(O)C(=O)O)c1. The number of hydrogen-bond donors (Lipinski definition) is 3. The standard InChI is InChI=1S/C40H50Cl2N2O8/c1-26-19-35(41)37(36(42)20-26)52-18-17-51-31-10-6-29(7-11-31)33-12-14-43-24-34(33)38(45)44(30-8-9-30)25-28-21-27(5-4-15-49-3)22-32(23-28)50-16-13-40(2,48)39(46)47/h6-7,10-11,19-23,30,33-34,43,48H,4-5,8-9,12-18,24-25H2,1-3H3,(H,46,47)/t33-,34+,40+/m1/s1. The monoisotopic (exact) mass is 756 g/mol. The molecule has 12 heteroatoms. The van der Waals surface area contributed by atoms with Crippen LogP contribution in [0, 0.1) is 12.8 Å². The van der Waals surface area contributed by atoms with Gasteiger partial charge in [0.25, 0.3) is 0 Å². The average molecular weight is 758 g/mol. The van der Waals surface area contributed by atoms with E-state index in [1.54, 1.807) is 7.11 Å². The number of piperidine rings is 1. The van der Waals surface area contributed by atoms with E-state index < -0.39 is 11.6 Å². The highest BCUT2D eigenvalue weighted by atomic mass is 35.5. The Morgan fingerprint density at radius 3 is 2.25 bits per heavy atom. The number of nitrogens with zero attached hydrogens (tertiary/aromatic N) is 1. The Morgan fingerprint density at radius 1 is 0.904 bits per heavy atom. The van der Waals surface area contributed by atoms with Crippen LogP contribution in [0.5, 0.6) is 17.2 Å². The van der Waals surface area contributed by atoms with Crippen LogP contribution in [0.25, 0.3) is 0 Å². The van der Waals surface area contributed by atoms with Crippen LogP contribution in [0.2, 0.25) is 10.0 Å². The van der Waals surface area contributed by atoms with E-state index in [0.29, 0.717) is 53.6 Å². The molecule has 3 aromatic carbocycles. The van der Waals surface area contributed by atoms with Gasteiger partial charge in [-0.25, -0.2) is 4.79 Å². The zero-order valence-corrected chi connectivity index (χ0v) is 31.7. The van der Waals surface area contributed by atoms with Gasteiger partial charge in [0, 0.05) is 39.3 Å². The van der Waals surface area contributed by atoms with Crippen molar-refractivity contribution >= 4 is 35.1 Å². The summed E-state index contributed by atoms with van der Waals surface area (Å²) in [5.41, 5.74) is 2.18. The van der Waals surface area contributed by atoms with Gasteiger partial charge in [0.05, 0.1) is 22.6 Å². The number of benzene rings is 3. The van der Waals surface area contributed by atoms with E-state index in [0.717, 1.165) is 60.9 Å². The third kappa shape index (κ3) is 11.0. The lowest BCUT2D eigenvalue weighted by atomic mass is 9.80. The first-order chi connectivity index (χ1) is 24.9. The number of aryl methyl sites for hydroxylation is 2. The summed E-state index contributed by atoms with van der Waals surface area (Å²) in [6.45, 7) is 6.30. The number of nitrogens with one attached hydrogen (secondary N) is 1. The Balaban J connectivity index is 1.24. The molecule has 10 nitrogen and oxygen atoms in total. The fourth-order valence-electron chi connectivity index (χ4n) is 6.58. The second kappa shape index (κ2) is 18.5. The molecule has 3 N–H and O–H groups in total. The van der Waals surface area contributed by atoms with Crippen molar-refractivity contribution in [3.8, 4) is 17.2 Å². The van der Waals surface area contributed by atoms with E-state index in [4.69, 9.17) is 42.1 Å². The molecule has 282 valence electrons. The molecule has 0 spiro atoms. The quantitative estimate of drug-likeness (QED) is 0.113. The molecule has 1 aliphatic heterocycles. The van der Waals surface area contributed by atoms with Crippen LogP contribution < -0.4 is 19.5 Å². The fraction of sp³-hybridized carbons (Fsp3) is 0.500. The predicted molar refractivity (Wildman–Crippen MR) is 201 cm³/mol. The molecular weight excluding hydrogens is 707 g/mol. The molecule has 1 saturated carbocycles. The number of carbonyl (C=O) groups excluding carboxylic acids is 1. The van der Waals surface area contributed by atoms with Gasteiger partial charge in [-0.15, -0.1) is 0 Å². The van der Waals surface area contributed by atoms with Gasteiger partial charge in [0.1, 0.15) is 24.7 Å². The summed E-state index contributed by atoms with van der Waals surface area (Å²) in [4.78, 5) is 27.8. The lowest BCUT2D eigenvalue weighted by molar-refractivity contribution is -0.157. The number of amides is 1. The van der Waals surface area contributed by atoms with Gasteiger partial charge in [-0.05, 0) is 117 Å². The Hall–Kier alpha value is -3.54. The van der Waals surface area contributed by atoms with Gasteiger partial charge in [-0.2, -0.15) is 0 Å². The topological polar surface area (TPSA) is 127 Å². The maximum atomic E-state index is 14.4. The number of methoxy groups -OCH3 is 1. The number of carbonyl (C=O) groups is 2. The minimum absolute atomic E-state index is 0.0374. The molecule has 3 atom stereocenters. The van der Waals surface area contributed by atoms with Crippen molar-refractivity contribution < 1.29 is 38.7 Å². The van der Waals surface area contributed by atoms with Crippen molar-refractivity contribution in [2.75, 3.05) is 46.6 Å². The first-order valence-corrected chi connectivity index (χ1v) is 18.7. The van der Waals surface area contributed by atoms with Crippen molar-refractivity contribution in [2.24, 2.45) is 5.92 Å². The van der Waals surface area contributed by atoms with Crippen LogP contribution >= 0.6 is 23.2 Å². The van der Waals surface area contributed by atoms with Crippen LogP contribution in [0.15, 0.2) is 54.6 Å². The van der Waals surface area contributed by atoms with Crippen molar-refractivity contribution in [3.63, 3.8) is 0 Å². The Bertz CT molecular complexity index is 1640. The molecule has 52 heavy (non-hydrogen) atoms. The predicted octanol–water partition coefficient (Wildman–Crippen LogP) is 6.83. The number of aliphatic carboxylic acids is 1. The van der Waals surface area contributed by atoms with E-state index in [2.05, 4.69) is 23.5 Å². The largest absolute Gasteiger partial charge is 0.493 e. The van der Waals surface area contributed by atoms with Crippen LogP contribution in [0.3, 0.4) is 0 Å². The Morgan fingerprint density at radius 2 is 1.58 bits per heavy atom. The maximum Gasteiger partial charge on any atom is 0.335 e. The van der Waals surface area contributed by atoms with Gasteiger partial charge >= 0.3 is 5.97 Å². The van der Waals surface area contributed by atoms with Crippen LogP contribution in [-0.2, 0) is 27.3 Å². The third-order valence-corrected chi connectivity index (χ3v) is 10.2. The van der Waals surface area contributed by atoms with E-state index in [1.165, 1.54) is 6.92 Å². The third-order valence-electron chi connectivity index (χ3n) is 9.63. The smallest absolute Gasteiger partial charge is 0.335 e. The molecule has 0 radical (unpaired) electrons. The minimum Gasteiger partial charge on any atom is -0.493 e. The first-order valence-electron chi connectivity index (χ1n) is 18.0. The molecular formula is C40H50Cl2N2O8. The molecule has 5 rings (SSSR count). The number of aliphatic hydroxyl groups is 1. The summed E-state index contributed by atoms with van der Waals surface area (Å²) in [6.07, 6.45) is 4.30. The molecule has 0 bridgehead atoms. The highest BCUT2D eigenvalue weighted by molar-refractivity contribution is 6.37. The van der Waals surface area contributed by atoms with Gasteiger partial charge in [-0.3, -0.25) is 4.79 Å². The Kier molecular flexibility index (Phi) is 14.1. The Labute approximate surface area is 316 Å². The van der Waals surface area contributed by atoms with Crippen LogP contribution in [0.4, 0.5) is 0 Å². The summed E-state index contributed by atoms with van der Waals surface area (Å²) in [5, 5.41) is 23.8. The number of halogens is 2. The van der Waals surface area contributed by atoms with Crippen molar-refractivity contribution in [2.45, 2.75) is 76.5 Å². The summed E-state index contributed by atoms with van der Waals surface area (Å²) in [5.74, 6) is 0.414. The zero-order chi connectivity index (χ0) is 37.3. The second-order valence-corrected chi connectivity index (χ2v) is 14.8. The number of ether oxygens (including phenoxy) is 4. The molecule has 0 aromatic heterocycles. The molecule has 1 saturated heterocycles. The van der Waals surface area contributed by atoms with E-state index in [1.807, 2.05) is 48.2 Å². The highest BCUT2D eigenvalue weighted by Crippen LogP contribution is 2.37. The minimum atomic E-state index is -1.88. The van der Waals surface area contributed by atoms with Crippen molar-refractivity contribution in [3.05, 3.63) is 86.9 Å². The highest BCUT2D eigenvalue weighted by Gasteiger charge is 2.40. The lowest BCUT2D eigenvalue weighted by Gasteiger charge is -2.36. The summed E-state index contributed by atoms with van der Waals surface area (Å²) in [7, 11) is 1.67. The molecule has 2 fully saturated rings. The van der Waals surface area contributed by atoms with E-state index >= 15 is 0 Å². The van der Waals surface area contributed by atoms with E-state index in [-0.39, 0.29) is 43.4 Å². The lowest BCUT2D eigenvalue weighted by Crippen LogP contribution is -2.47. The number of hydrogen-bond acceptors (Lipinski definition) is 8. The van der Waals surface area contributed by atoms with Crippen molar-refractivity contribution in [1.82, 2.24) is 10.2 Å². The second-order valence-electron chi connectivity index (χ2n) is 14.0. The van der Waals surface area contributed by atoms with Gasteiger partial charge in [0.2, 0.25) is 5.91 Å². The van der Waals surface area contributed by atoms with Crippen LogP contribution in [0.1, 0.15) is 67.2 Å². The fourth-order valence-corrected chi connectivity index (χ4v) is 7.29. The average Bonchev–Trinajstić information content (AvgIpc) is 3.95. The summed E-state index contributed by atoms with van der Waals surface area (Å²) < 4.78 is 23.0. The first kappa shape index (κ1) is 39.7. The van der Waals surface area contributed by atoms with Crippen molar-refractivity contribution in [1.29, 1.82) is 0 Å². The molecule has 1 amide bonds. The maximum absolute atomic E-state index is 14.4. The summed E-state index contributed by atoms with van der Waals surface area (Å²) >= 11 is 12.6. The normalized spacial score (nSPS) is 18.3. The molecule has 1 heterocycles. The molecule has 1 aliphatic carbocycles. The van der Waals surface area contributed by atoms with Gasteiger partial charge < -0.3 is 39.4 Å². The zero-order valence-electron chi connectivity index (χ0n) is 30.2. The van der Waals surface area contributed by atoms with Crippen LogP contribution in [-0.4, -0.2) is 85.3 Å². The molecule has 0 unspecified atom stereocenters. The number of carboxylic acids is 1. The molecule has 2 aliphatic rings.